The molecule has 0 saturated heterocycles. The normalized spacial score (nSPS) is 11.2. The Hall–Kier alpha value is -0.760. The largest absolute Gasteiger partial charge is 0.490 e. The van der Waals surface area contributed by atoms with Crippen molar-refractivity contribution in [2.75, 3.05) is 6.61 Å². The molecular weight excluding hydrogens is 252 g/mol. The molecule has 0 spiro atoms. The Kier molecular flexibility index (Phi) is 3.97. The number of halogens is 1. The van der Waals surface area contributed by atoms with E-state index in [1.54, 1.807) is 6.08 Å². The Morgan fingerprint density at radius 3 is 2.53 bits per heavy atom. The summed E-state index contributed by atoms with van der Waals surface area (Å²) in [4.78, 5) is 0. The molecule has 0 unspecified atom stereocenters. The summed E-state index contributed by atoms with van der Waals surface area (Å²) in [6.07, 6.45) is 1.74. The standard InChI is InChI=1S/C13H17BrO/c1-5-8-15-10-6-7-11(12(14)9-10)13(2,3)4/h5-7,9H,1,8H2,2-4H3. The lowest BCUT2D eigenvalue weighted by atomic mass is 9.87. The van der Waals surface area contributed by atoms with Crippen LogP contribution in [0.25, 0.3) is 0 Å². The van der Waals surface area contributed by atoms with E-state index in [9.17, 15) is 0 Å². The first-order chi connectivity index (χ1) is 6.95. The lowest BCUT2D eigenvalue weighted by Gasteiger charge is -2.21. The fourth-order valence-electron chi connectivity index (χ4n) is 1.35. The van der Waals surface area contributed by atoms with Crippen LogP contribution in [0.1, 0.15) is 26.3 Å². The van der Waals surface area contributed by atoms with Crippen LogP contribution in [0, 0.1) is 0 Å². The summed E-state index contributed by atoms with van der Waals surface area (Å²) < 4.78 is 6.55. The molecule has 1 aromatic carbocycles. The topological polar surface area (TPSA) is 9.23 Å². The minimum absolute atomic E-state index is 0.149. The van der Waals surface area contributed by atoms with Gasteiger partial charge in [-0.3, -0.25) is 0 Å². The Morgan fingerprint density at radius 1 is 1.40 bits per heavy atom. The summed E-state index contributed by atoms with van der Waals surface area (Å²) in [7, 11) is 0. The molecule has 0 bridgehead atoms. The van der Waals surface area contributed by atoms with E-state index in [-0.39, 0.29) is 5.41 Å². The van der Waals surface area contributed by atoms with E-state index in [0.717, 1.165) is 10.2 Å². The molecule has 0 amide bonds. The predicted molar refractivity (Wildman–Crippen MR) is 68.5 cm³/mol. The molecule has 0 atom stereocenters. The van der Waals surface area contributed by atoms with Crippen molar-refractivity contribution >= 4 is 15.9 Å². The third-order valence-corrected chi connectivity index (χ3v) is 2.77. The van der Waals surface area contributed by atoms with E-state index < -0.39 is 0 Å². The molecule has 0 fully saturated rings. The lowest BCUT2D eigenvalue weighted by molar-refractivity contribution is 0.362. The molecule has 0 aliphatic rings. The van der Waals surface area contributed by atoms with Gasteiger partial charge in [-0.05, 0) is 23.1 Å². The molecular formula is C13H17BrO. The number of hydrogen-bond donors (Lipinski definition) is 0. The quantitative estimate of drug-likeness (QED) is 0.743. The van der Waals surface area contributed by atoms with E-state index >= 15 is 0 Å². The smallest absolute Gasteiger partial charge is 0.120 e. The molecule has 1 rings (SSSR count). The summed E-state index contributed by atoms with van der Waals surface area (Å²) in [5, 5.41) is 0. The minimum Gasteiger partial charge on any atom is -0.490 e. The second kappa shape index (κ2) is 4.84. The van der Waals surface area contributed by atoms with Gasteiger partial charge in [-0.15, -0.1) is 0 Å². The SMILES string of the molecule is C=CCOc1ccc(C(C)(C)C)c(Br)c1. The van der Waals surface area contributed by atoms with Crippen LogP contribution in [0.2, 0.25) is 0 Å². The summed E-state index contributed by atoms with van der Waals surface area (Å²) in [5.74, 6) is 0.870. The number of rotatable bonds is 3. The van der Waals surface area contributed by atoms with Crippen LogP contribution in [0.4, 0.5) is 0 Å². The van der Waals surface area contributed by atoms with Crippen LogP contribution >= 0.6 is 15.9 Å². The van der Waals surface area contributed by atoms with Gasteiger partial charge >= 0.3 is 0 Å². The van der Waals surface area contributed by atoms with Crippen molar-refractivity contribution in [2.24, 2.45) is 0 Å². The summed E-state index contributed by atoms with van der Waals surface area (Å²) in [6.45, 7) is 10.7. The monoisotopic (exact) mass is 268 g/mol. The van der Waals surface area contributed by atoms with Crippen LogP contribution < -0.4 is 4.74 Å². The highest BCUT2D eigenvalue weighted by molar-refractivity contribution is 9.10. The van der Waals surface area contributed by atoms with E-state index in [1.807, 2.05) is 12.1 Å². The average Bonchev–Trinajstić information content (AvgIpc) is 2.12. The third kappa shape index (κ3) is 3.38. The summed E-state index contributed by atoms with van der Waals surface area (Å²) in [6, 6.07) is 6.10. The molecule has 0 aliphatic carbocycles. The van der Waals surface area contributed by atoms with E-state index in [0.29, 0.717) is 6.61 Å². The Morgan fingerprint density at radius 2 is 2.07 bits per heavy atom. The zero-order valence-electron chi connectivity index (χ0n) is 9.51. The maximum Gasteiger partial charge on any atom is 0.120 e. The summed E-state index contributed by atoms with van der Waals surface area (Å²) in [5.41, 5.74) is 1.43. The fourth-order valence-corrected chi connectivity index (χ4v) is 2.30. The molecule has 0 saturated carbocycles. The van der Waals surface area contributed by atoms with Crippen LogP contribution in [0.5, 0.6) is 5.75 Å². The molecule has 0 radical (unpaired) electrons. The number of benzene rings is 1. The first-order valence-corrected chi connectivity index (χ1v) is 5.78. The molecule has 0 aliphatic heterocycles. The zero-order valence-corrected chi connectivity index (χ0v) is 11.1. The van der Waals surface area contributed by atoms with Gasteiger partial charge in [0, 0.05) is 4.47 Å². The molecule has 82 valence electrons. The third-order valence-electron chi connectivity index (χ3n) is 2.12. The van der Waals surface area contributed by atoms with Crippen LogP contribution in [0.3, 0.4) is 0 Å². The van der Waals surface area contributed by atoms with E-state index in [1.165, 1.54) is 5.56 Å². The predicted octanol–water partition coefficient (Wildman–Crippen LogP) is 4.31. The first kappa shape index (κ1) is 12.3. The van der Waals surface area contributed by atoms with Crippen LogP contribution in [-0.2, 0) is 5.41 Å². The van der Waals surface area contributed by atoms with Crippen molar-refractivity contribution in [3.8, 4) is 5.75 Å². The first-order valence-electron chi connectivity index (χ1n) is 4.99. The van der Waals surface area contributed by atoms with Crippen molar-refractivity contribution in [3.05, 3.63) is 40.9 Å². The van der Waals surface area contributed by atoms with Crippen molar-refractivity contribution in [2.45, 2.75) is 26.2 Å². The fraction of sp³-hybridized carbons (Fsp3) is 0.385. The molecule has 1 aromatic rings. The van der Waals surface area contributed by atoms with Crippen molar-refractivity contribution in [1.29, 1.82) is 0 Å². The van der Waals surface area contributed by atoms with E-state index in [2.05, 4.69) is 49.3 Å². The molecule has 0 heterocycles. The average molecular weight is 269 g/mol. The molecule has 1 nitrogen and oxygen atoms in total. The Labute approximate surface area is 100 Å². The van der Waals surface area contributed by atoms with Gasteiger partial charge in [0.15, 0.2) is 0 Å². The van der Waals surface area contributed by atoms with Gasteiger partial charge in [0.25, 0.3) is 0 Å². The second-order valence-corrected chi connectivity index (χ2v) is 5.35. The second-order valence-electron chi connectivity index (χ2n) is 4.49. The Balaban J connectivity index is 2.93. The van der Waals surface area contributed by atoms with Gasteiger partial charge in [-0.2, -0.15) is 0 Å². The van der Waals surface area contributed by atoms with Gasteiger partial charge in [0.05, 0.1) is 0 Å². The maximum atomic E-state index is 5.46. The van der Waals surface area contributed by atoms with Gasteiger partial charge in [-0.25, -0.2) is 0 Å². The number of ether oxygens (including phenoxy) is 1. The van der Waals surface area contributed by atoms with Gasteiger partial charge in [-0.1, -0.05) is 55.4 Å². The van der Waals surface area contributed by atoms with Crippen molar-refractivity contribution < 1.29 is 4.74 Å². The molecule has 2 heteroatoms. The molecule has 0 N–H and O–H groups in total. The highest BCUT2D eigenvalue weighted by Crippen LogP contribution is 2.32. The van der Waals surface area contributed by atoms with Crippen LogP contribution in [0.15, 0.2) is 35.3 Å². The van der Waals surface area contributed by atoms with Gasteiger partial charge < -0.3 is 4.74 Å². The molecule has 15 heavy (non-hydrogen) atoms. The zero-order chi connectivity index (χ0) is 11.5. The van der Waals surface area contributed by atoms with Crippen molar-refractivity contribution in [3.63, 3.8) is 0 Å². The highest BCUT2D eigenvalue weighted by atomic mass is 79.9. The van der Waals surface area contributed by atoms with Gasteiger partial charge in [0.1, 0.15) is 12.4 Å². The summed E-state index contributed by atoms with van der Waals surface area (Å²) >= 11 is 3.57. The minimum atomic E-state index is 0.149. The number of hydrogen-bond acceptors (Lipinski definition) is 1. The van der Waals surface area contributed by atoms with Gasteiger partial charge in [0.2, 0.25) is 0 Å². The maximum absolute atomic E-state index is 5.46. The van der Waals surface area contributed by atoms with Crippen LogP contribution in [-0.4, -0.2) is 6.61 Å². The molecule has 0 aromatic heterocycles. The highest BCUT2D eigenvalue weighted by Gasteiger charge is 2.16. The lowest BCUT2D eigenvalue weighted by Crippen LogP contribution is -2.11. The van der Waals surface area contributed by atoms with E-state index in [4.69, 9.17) is 4.74 Å². The Bertz CT molecular complexity index is 350. The van der Waals surface area contributed by atoms with Crippen molar-refractivity contribution in [1.82, 2.24) is 0 Å².